The summed E-state index contributed by atoms with van der Waals surface area (Å²) in [5, 5.41) is 21.5. The van der Waals surface area contributed by atoms with Gasteiger partial charge in [0.2, 0.25) is 0 Å². The predicted octanol–water partition coefficient (Wildman–Crippen LogP) is 5.75. The zero-order valence-electron chi connectivity index (χ0n) is 14.2. The number of halogens is 3. The van der Waals surface area contributed by atoms with Gasteiger partial charge in [0.1, 0.15) is 17.3 Å². The molecule has 3 nitrogen and oxygen atoms in total. The molecule has 27 heavy (non-hydrogen) atoms. The zero-order chi connectivity index (χ0) is 19.4. The van der Waals surface area contributed by atoms with Gasteiger partial charge in [-0.25, -0.2) is 4.39 Å². The Labute approximate surface area is 166 Å². The van der Waals surface area contributed by atoms with Crippen molar-refractivity contribution in [1.82, 2.24) is 0 Å². The van der Waals surface area contributed by atoms with Gasteiger partial charge < -0.3 is 10.2 Å². The molecule has 138 valence electrons. The Balaban J connectivity index is 1.85. The Bertz CT molecular complexity index is 968. The molecule has 0 aliphatic rings. The fourth-order valence-corrected chi connectivity index (χ4v) is 3.00. The van der Waals surface area contributed by atoms with Crippen molar-refractivity contribution in [3.05, 3.63) is 92.7 Å². The molecular formula is C21H16Cl2FNO2. The van der Waals surface area contributed by atoms with E-state index in [0.717, 1.165) is 5.56 Å². The third-order valence-electron chi connectivity index (χ3n) is 4.12. The lowest BCUT2D eigenvalue weighted by molar-refractivity contribution is 0.439. The maximum Gasteiger partial charge on any atom is 0.131 e. The number of benzene rings is 3. The molecule has 0 atom stereocenters. The summed E-state index contributed by atoms with van der Waals surface area (Å²) in [7, 11) is 0. The average Bonchev–Trinajstić information content (AvgIpc) is 2.64. The predicted molar refractivity (Wildman–Crippen MR) is 107 cm³/mol. The second kappa shape index (κ2) is 8.42. The lowest BCUT2D eigenvalue weighted by Crippen LogP contribution is -1.97. The summed E-state index contributed by atoms with van der Waals surface area (Å²) in [5.41, 5.74) is 1.79. The number of aromatic hydroxyl groups is 2. The molecule has 3 aromatic rings. The number of phenols is 2. The van der Waals surface area contributed by atoms with Crippen molar-refractivity contribution in [2.45, 2.75) is 13.0 Å². The highest BCUT2D eigenvalue weighted by Gasteiger charge is 2.16. The van der Waals surface area contributed by atoms with Gasteiger partial charge in [-0.15, -0.1) is 0 Å². The first kappa shape index (κ1) is 19.2. The van der Waals surface area contributed by atoms with Crippen molar-refractivity contribution in [3.8, 4) is 11.5 Å². The van der Waals surface area contributed by atoms with E-state index in [1.807, 2.05) is 12.1 Å². The van der Waals surface area contributed by atoms with Crippen LogP contribution >= 0.6 is 23.2 Å². The van der Waals surface area contributed by atoms with Crippen molar-refractivity contribution in [1.29, 1.82) is 0 Å². The molecular weight excluding hydrogens is 388 g/mol. The van der Waals surface area contributed by atoms with Crippen LogP contribution in [0.1, 0.15) is 22.3 Å². The van der Waals surface area contributed by atoms with E-state index in [9.17, 15) is 14.6 Å². The summed E-state index contributed by atoms with van der Waals surface area (Å²) >= 11 is 11.9. The smallest absolute Gasteiger partial charge is 0.131 e. The maximum atomic E-state index is 14.0. The van der Waals surface area contributed by atoms with Crippen molar-refractivity contribution in [2.24, 2.45) is 4.99 Å². The number of phenolic OH excluding ortho intramolecular Hbond substituents is 2. The number of aliphatic imine (C=N–C) groups is 1. The molecule has 0 heterocycles. The Kier molecular flexibility index (Phi) is 5.99. The molecule has 0 radical (unpaired) electrons. The Hall–Kier alpha value is -2.56. The van der Waals surface area contributed by atoms with Gasteiger partial charge in [0.05, 0.1) is 6.54 Å². The van der Waals surface area contributed by atoms with Gasteiger partial charge in [0.25, 0.3) is 0 Å². The highest BCUT2D eigenvalue weighted by atomic mass is 35.5. The molecule has 0 unspecified atom stereocenters. The highest BCUT2D eigenvalue weighted by Crippen LogP contribution is 2.34. The first-order chi connectivity index (χ1) is 13.0. The van der Waals surface area contributed by atoms with Gasteiger partial charge >= 0.3 is 0 Å². The standard InChI is InChI=1S/C21H16Cl2FNO2/c22-15-7-4-13(5-8-15)11-25-12-14-6-9-20(26)17(21(14)27)10-16-18(23)2-1-3-19(16)24/h1-9,12,26-27H,10-11H2. The van der Waals surface area contributed by atoms with Crippen LogP contribution in [0.25, 0.3) is 0 Å². The van der Waals surface area contributed by atoms with Crippen LogP contribution < -0.4 is 0 Å². The van der Waals surface area contributed by atoms with Gasteiger partial charge in [0, 0.05) is 39.4 Å². The van der Waals surface area contributed by atoms with Gasteiger partial charge in [-0.1, -0.05) is 41.4 Å². The first-order valence-electron chi connectivity index (χ1n) is 8.16. The summed E-state index contributed by atoms with van der Waals surface area (Å²) < 4.78 is 14.0. The van der Waals surface area contributed by atoms with E-state index in [2.05, 4.69) is 4.99 Å². The number of rotatable bonds is 5. The van der Waals surface area contributed by atoms with Crippen LogP contribution in [0.5, 0.6) is 11.5 Å². The summed E-state index contributed by atoms with van der Waals surface area (Å²) in [5.74, 6) is -0.793. The van der Waals surface area contributed by atoms with Crippen molar-refractivity contribution in [2.75, 3.05) is 0 Å². The van der Waals surface area contributed by atoms with Gasteiger partial charge in [0.15, 0.2) is 0 Å². The normalized spacial score (nSPS) is 11.2. The van der Waals surface area contributed by atoms with Crippen molar-refractivity contribution < 1.29 is 14.6 Å². The molecule has 0 spiro atoms. The minimum absolute atomic E-state index is 0.0396. The molecule has 0 saturated carbocycles. The molecule has 0 amide bonds. The van der Waals surface area contributed by atoms with E-state index < -0.39 is 5.82 Å². The topological polar surface area (TPSA) is 52.8 Å². The van der Waals surface area contributed by atoms with E-state index in [-0.39, 0.29) is 34.1 Å². The van der Waals surface area contributed by atoms with E-state index in [1.165, 1.54) is 24.4 Å². The van der Waals surface area contributed by atoms with E-state index in [0.29, 0.717) is 17.1 Å². The average molecular weight is 404 g/mol. The van der Waals surface area contributed by atoms with Crippen LogP contribution in [-0.4, -0.2) is 16.4 Å². The summed E-state index contributed by atoms with van der Waals surface area (Å²) in [6, 6.07) is 14.6. The van der Waals surface area contributed by atoms with Crippen LogP contribution in [-0.2, 0) is 13.0 Å². The minimum atomic E-state index is -0.497. The molecule has 0 bridgehead atoms. The lowest BCUT2D eigenvalue weighted by Gasteiger charge is -2.11. The Morgan fingerprint density at radius 3 is 2.37 bits per heavy atom. The molecule has 0 aliphatic heterocycles. The summed E-state index contributed by atoms with van der Waals surface area (Å²) in [6.45, 7) is 0.409. The number of nitrogens with zero attached hydrogens (tertiary/aromatic N) is 1. The molecule has 2 N–H and O–H groups in total. The van der Waals surface area contributed by atoms with Crippen LogP contribution in [0.2, 0.25) is 10.0 Å². The monoisotopic (exact) mass is 403 g/mol. The number of hydrogen-bond donors (Lipinski definition) is 2. The van der Waals surface area contributed by atoms with Crippen LogP contribution in [0.3, 0.4) is 0 Å². The van der Waals surface area contributed by atoms with Crippen LogP contribution in [0.4, 0.5) is 4.39 Å². The summed E-state index contributed by atoms with van der Waals surface area (Å²) in [4.78, 5) is 4.31. The zero-order valence-corrected chi connectivity index (χ0v) is 15.7. The molecule has 0 fully saturated rings. The second-order valence-electron chi connectivity index (χ2n) is 5.97. The van der Waals surface area contributed by atoms with Gasteiger partial charge in [-0.2, -0.15) is 0 Å². The summed E-state index contributed by atoms with van der Waals surface area (Å²) in [6.07, 6.45) is 1.47. The van der Waals surface area contributed by atoms with E-state index >= 15 is 0 Å². The van der Waals surface area contributed by atoms with Gasteiger partial charge in [-0.05, 0) is 42.0 Å². The largest absolute Gasteiger partial charge is 0.508 e. The van der Waals surface area contributed by atoms with Crippen LogP contribution in [0, 0.1) is 5.82 Å². The van der Waals surface area contributed by atoms with Gasteiger partial charge in [-0.3, -0.25) is 4.99 Å². The molecule has 0 saturated heterocycles. The fraction of sp³-hybridized carbons (Fsp3) is 0.0952. The maximum absolute atomic E-state index is 14.0. The van der Waals surface area contributed by atoms with E-state index in [1.54, 1.807) is 24.3 Å². The van der Waals surface area contributed by atoms with Crippen molar-refractivity contribution >= 4 is 29.4 Å². The molecule has 3 rings (SSSR count). The molecule has 0 aromatic heterocycles. The highest BCUT2D eigenvalue weighted by molar-refractivity contribution is 6.31. The molecule has 6 heteroatoms. The quantitative estimate of drug-likeness (QED) is 0.532. The second-order valence-corrected chi connectivity index (χ2v) is 6.82. The van der Waals surface area contributed by atoms with Crippen LogP contribution in [0.15, 0.2) is 59.6 Å². The fourth-order valence-electron chi connectivity index (χ4n) is 2.64. The van der Waals surface area contributed by atoms with E-state index in [4.69, 9.17) is 23.2 Å². The minimum Gasteiger partial charge on any atom is -0.508 e. The van der Waals surface area contributed by atoms with Crippen molar-refractivity contribution in [3.63, 3.8) is 0 Å². The molecule has 3 aromatic carbocycles. The SMILES string of the molecule is Oc1ccc(C=NCc2ccc(Cl)cc2)c(O)c1Cc1c(F)cccc1Cl. The third kappa shape index (κ3) is 4.59. The Morgan fingerprint density at radius 1 is 0.926 bits per heavy atom. The lowest BCUT2D eigenvalue weighted by atomic mass is 10.00. The number of hydrogen-bond acceptors (Lipinski definition) is 3. The first-order valence-corrected chi connectivity index (χ1v) is 8.92. The third-order valence-corrected chi connectivity index (χ3v) is 4.73. The molecule has 0 aliphatic carbocycles. The Morgan fingerprint density at radius 2 is 1.67 bits per heavy atom.